The van der Waals surface area contributed by atoms with Gasteiger partial charge in [-0.1, -0.05) is 42.5 Å². The summed E-state index contributed by atoms with van der Waals surface area (Å²) in [6.07, 6.45) is 4.19. The molecule has 2 heteroatoms. The van der Waals surface area contributed by atoms with Crippen molar-refractivity contribution in [3.05, 3.63) is 72.0 Å². The van der Waals surface area contributed by atoms with Crippen LogP contribution in [0.25, 0.3) is 6.08 Å². The molecule has 0 heterocycles. The normalized spacial score (nSPS) is 10.4. The first-order valence-corrected chi connectivity index (χ1v) is 5.32. The van der Waals surface area contributed by atoms with Crippen LogP contribution >= 0.6 is 0 Å². The van der Waals surface area contributed by atoms with Crippen LogP contribution in [0.15, 0.2) is 60.9 Å². The Kier molecular flexibility index (Phi) is 3.71. The van der Waals surface area contributed by atoms with Gasteiger partial charge < -0.3 is 4.74 Å². The summed E-state index contributed by atoms with van der Waals surface area (Å²) >= 11 is 0. The first kappa shape index (κ1) is 11.1. The zero-order chi connectivity index (χ0) is 11.9. The first-order chi connectivity index (χ1) is 8.40. The standard InChI is InChI=1S/C15H12O2/c16-12-14-7-5-4-6-13(14)10-11-17-15-8-2-1-3-9-15/h1-12H/b11-10+. The molecule has 0 bridgehead atoms. The largest absolute Gasteiger partial charge is 0.465 e. The van der Waals surface area contributed by atoms with Gasteiger partial charge in [0.05, 0.1) is 6.26 Å². The molecule has 0 radical (unpaired) electrons. The summed E-state index contributed by atoms with van der Waals surface area (Å²) in [7, 11) is 0. The number of ether oxygens (including phenoxy) is 1. The molecule has 0 amide bonds. The van der Waals surface area contributed by atoms with Crippen molar-refractivity contribution in [3.8, 4) is 5.75 Å². The highest BCUT2D eigenvalue weighted by Crippen LogP contribution is 2.11. The van der Waals surface area contributed by atoms with E-state index in [0.29, 0.717) is 5.56 Å². The summed E-state index contributed by atoms with van der Waals surface area (Å²) in [5.41, 5.74) is 1.50. The van der Waals surface area contributed by atoms with E-state index >= 15 is 0 Å². The summed E-state index contributed by atoms with van der Waals surface area (Å²) in [4.78, 5) is 10.8. The first-order valence-electron chi connectivity index (χ1n) is 5.32. The Morgan fingerprint density at radius 1 is 0.824 bits per heavy atom. The van der Waals surface area contributed by atoms with E-state index in [9.17, 15) is 4.79 Å². The number of para-hydroxylation sites is 1. The molecule has 0 unspecified atom stereocenters. The van der Waals surface area contributed by atoms with Crippen LogP contribution in [-0.4, -0.2) is 6.29 Å². The molecule has 0 spiro atoms. The number of rotatable bonds is 4. The van der Waals surface area contributed by atoms with Gasteiger partial charge in [-0.2, -0.15) is 0 Å². The van der Waals surface area contributed by atoms with E-state index in [1.807, 2.05) is 48.5 Å². The van der Waals surface area contributed by atoms with E-state index in [4.69, 9.17) is 4.74 Å². The average molecular weight is 224 g/mol. The third kappa shape index (κ3) is 3.05. The Morgan fingerprint density at radius 3 is 2.18 bits per heavy atom. The second kappa shape index (κ2) is 5.66. The van der Waals surface area contributed by atoms with Crippen LogP contribution in [0.4, 0.5) is 0 Å². The van der Waals surface area contributed by atoms with Gasteiger partial charge in [-0.3, -0.25) is 4.79 Å². The molecular formula is C15H12O2. The SMILES string of the molecule is O=Cc1ccccc1/C=C/Oc1ccccc1. The minimum atomic E-state index is 0.653. The minimum absolute atomic E-state index is 0.653. The molecule has 0 fully saturated rings. The summed E-state index contributed by atoms with van der Waals surface area (Å²) in [5, 5.41) is 0. The van der Waals surface area contributed by atoms with Crippen molar-refractivity contribution in [3.63, 3.8) is 0 Å². The Hall–Kier alpha value is -2.35. The molecule has 17 heavy (non-hydrogen) atoms. The highest BCUT2D eigenvalue weighted by molar-refractivity contribution is 5.81. The number of hydrogen-bond acceptors (Lipinski definition) is 2. The van der Waals surface area contributed by atoms with Gasteiger partial charge in [0.2, 0.25) is 0 Å². The van der Waals surface area contributed by atoms with E-state index in [2.05, 4.69) is 0 Å². The molecule has 2 aromatic rings. The molecule has 0 aromatic heterocycles. The summed E-state index contributed by atoms with van der Waals surface area (Å²) in [5.74, 6) is 0.771. The van der Waals surface area contributed by atoms with Crippen molar-refractivity contribution in [1.29, 1.82) is 0 Å². The average Bonchev–Trinajstić information content (AvgIpc) is 2.40. The minimum Gasteiger partial charge on any atom is -0.465 e. The van der Waals surface area contributed by atoms with E-state index in [-0.39, 0.29) is 0 Å². The molecule has 0 aliphatic carbocycles. The maximum Gasteiger partial charge on any atom is 0.150 e. The van der Waals surface area contributed by atoms with E-state index in [1.54, 1.807) is 18.4 Å². The maximum atomic E-state index is 10.8. The van der Waals surface area contributed by atoms with Crippen LogP contribution < -0.4 is 4.74 Å². The van der Waals surface area contributed by atoms with Crippen molar-refractivity contribution in [2.45, 2.75) is 0 Å². The molecule has 0 atom stereocenters. The monoisotopic (exact) mass is 224 g/mol. The van der Waals surface area contributed by atoms with Gasteiger partial charge in [-0.25, -0.2) is 0 Å². The molecule has 2 aromatic carbocycles. The lowest BCUT2D eigenvalue weighted by molar-refractivity contribution is 0.112. The van der Waals surface area contributed by atoms with Crippen LogP contribution in [-0.2, 0) is 0 Å². The van der Waals surface area contributed by atoms with Crippen LogP contribution in [0.2, 0.25) is 0 Å². The van der Waals surface area contributed by atoms with E-state index in [0.717, 1.165) is 17.6 Å². The second-order valence-electron chi connectivity index (χ2n) is 3.48. The Bertz CT molecular complexity index is 515. The third-order valence-corrected chi connectivity index (χ3v) is 2.32. The van der Waals surface area contributed by atoms with E-state index < -0.39 is 0 Å². The molecule has 0 aliphatic heterocycles. The summed E-state index contributed by atoms with van der Waals surface area (Å²) < 4.78 is 5.41. The zero-order valence-corrected chi connectivity index (χ0v) is 9.24. The number of aldehydes is 1. The van der Waals surface area contributed by atoms with Gasteiger partial charge in [0.15, 0.2) is 6.29 Å². The van der Waals surface area contributed by atoms with Gasteiger partial charge in [-0.15, -0.1) is 0 Å². The van der Waals surface area contributed by atoms with Crippen molar-refractivity contribution >= 4 is 12.4 Å². The van der Waals surface area contributed by atoms with Gasteiger partial charge >= 0.3 is 0 Å². The molecule has 0 N–H and O–H groups in total. The molecular weight excluding hydrogens is 212 g/mol. The second-order valence-corrected chi connectivity index (χ2v) is 3.48. The van der Waals surface area contributed by atoms with Gasteiger partial charge in [0, 0.05) is 5.56 Å². The Balaban J connectivity index is 2.08. The fraction of sp³-hybridized carbons (Fsp3) is 0. The topological polar surface area (TPSA) is 26.3 Å². The van der Waals surface area contributed by atoms with Crippen LogP contribution in [0.1, 0.15) is 15.9 Å². The molecule has 0 aliphatic rings. The Labute approximate surface area is 100 Å². The van der Waals surface area contributed by atoms with Crippen molar-refractivity contribution in [1.82, 2.24) is 0 Å². The fourth-order valence-electron chi connectivity index (χ4n) is 1.45. The van der Waals surface area contributed by atoms with Crippen LogP contribution in [0.3, 0.4) is 0 Å². The molecule has 0 saturated heterocycles. The molecule has 0 saturated carbocycles. The zero-order valence-electron chi connectivity index (χ0n) is 9.24. The number of benzene rings is 2. The third-order valence-electron chi connectivity index (χ3n) is 2.32. The molecule has 84 valence electrons. The van der Waals surface area contributed by atoms with Gasteiger partial charge in [0.25, 0.3) is 0 Å². The number of hydrogen-bond donors (Lipinski definition) is 0. The van der Waals surface area contributed by atoms with Crippen molar-refractivity contribution in [2.24, 2.45) is 0 Å². The lowest BCUT2D eigenvalue weighted by Crippen LogP contribution is -1.86. The summed E-state index contributed by atoms with van der Waals surface area (Å²) in [6, 6.07) is 16.8. The van der Waals surface area contributed by atoms with E-state index in [1.165, 1.54) is 0 Å². The predicted octanol–water partition coefficient (Wildman–Crippen LogP) is 3.55. The number of carbonyl (C=O) groups is 1. The number of carbonyl (C=O) groups excluding carboxylic acids is 1. The van der Waals surface area contributed by atoms with Crippen molar-refractivity contribution < 1.29 is 9.53 Å². The lowest BCUT2D eigenvalue weighted by atomic mass is 10.1. The quantitative estimate of drug-likeness (QED) is 0.586. The van der Waals surface area contributed by atoms with Gasteiger partial charge in [0.1, 0.15) is 5.75 Å². The van der Waals surface area contributed by atoms with Crippen molar-refractivity contribution in [2.75, 3.05) is 0 Å². The highest BCUT2D eigenvalue weighted by Gasteiger charge is 1.95. The highest BCUT2D eigenvalue weighted by atomic mass is 16.5. The molecule has 2 rings (SSSR count). The predicted molar refractivity (Wildman–Crippen MR) is 67.9 cm³/mol. The maximum absolute atomic E-state index is 10.8. The molecule has 2 nitrogen and oxygen atoms in total. The van der Waals surface area contributed by atoms with Crippen LogP contribution in [0, 0.1) is 0 Å². The lowest BCUT2D eigenvalue weighted by Gasteiger charge is -2.00. The smallest absolute Gasteiger partial charge is 0.150 e. The van der Waals surface area contributed by atoms with Gasteiger partial charge in [-0.05, 0) is 23.8 Å². The van der Waals surface area contributed by atoms with Crippen LogP contribution in [0.5, 0.6) is 5.75 Å². The Morgan fingerprint density at radius 2 is 1.47 bits per heavy atom. The fourth-order valence-corrected chi connectivity index (χ4v) is 1.45. The summed E-state index contributed by atoms with van der Waals surface area (Å²) in [6.45, 7) is 0.